The van der Waals surface area contributed by atoms with Crippen LogP contribution in [0.2, 0.25) is 0 Å². The second-order valence-electron chi connectivity index (χ2n) is 4.11. The van der Waals surface area contributed by atoms with Gasteiger partial charge in [0.05, 0.1) is 13.2 Å². The van der Waals surface area contributed by atoms with E-state index in [1.54, 1.807) is 6.07 Å². The lowest BCUT2D eigenvalue weighted by atomic mass is 10.3. The van der Waals surface area contributed by atoms with Gasteiger partial charge in [-0.1, -0.05) is 18.2 Å². The molecule has 0 unspecified atom stereocenters. The number of hydrogen-bond acceptors (Lipinski definition) is 3. The summed E-state index contributed by atoms with van der Waals surface area (Å²) in [7, 11) is 0. The molecule has 19 heavy (non-hydrogen) atoms. The van der Waals surface area contributed by atoms with Crippen LogP contribution in [0.15, 0.2) is 36.4 Å². The third-order valence-corrected chi connectivity index (χ3v) is 2.08. The van der Waals surface area contributed by atoms with Crippen LogP contribution in [0.25, 0.3) is 0 Å². The first kappa shape index (κ1) is 15.2. The van der Waals surface area contributed by atoms with Crippen LogP contribution in [-0.2, 0) is 9.53 Å². The molecule has 0 radical (unpaired) electrons. The van der Waals surface area contributed by atoms with E-state index in [1.165, 1.54) is 18.2 Å². The maximum absolute atomic E-state index is 12.8. The zero-order valence-corrected chi connectivity index (χ0v) is 10.9. The number of benzene rings is 1. The van der Waals surface area contributed by atoms with E-state index >= 15 is 0 Å². The zero-order valence-electron chi connectivity index (χ0n) is 10.9. The molecular weight excluding hydrogens is 249 g/mol. The fraction of sp³-hybridized carbons (Fsp3) is 0.357. The highest BCUT2D eigenvalue weighted by molar-refractivity contribution is 5.77. The molecule has 1 aromatic carbocycles. The molecule has 0 fully saturated rings. The minimum atomic E-state index is -0.397. The first-order valence-electron chi connectivity index (χ1n) is 5.95. The smallest absolute Gasteiger partial charge is 0.258 e. The third kappa shape index (κ3) is 7.21. The van der Waals surface area contributed by atoms with E-state index in [0.717, 1.165) is 5.57 Å². The van der Waals surface area contributed by atoms with E-state index < -0.39 is 5.82 Å². The molecule has 5 heteroatoms. The van der Waals surface area contributed by atoms with Gasteiger partial charge in [-0.15, -0.1) is 0 Å². The van der Waals surface area contributed by atoms with Gasteiger partial charge in [0.1, 0.15) is 11.6 Å². The molecule has 0 saturated carbocycles. The molecule has 1 amide bonds. The van der Waals surface area contributed by atoms with E-state index in [9.17, 15) is 9.18 Å². The minimum absolute atomic E-state index is 0.149. The van der Waals surface area contributed by atoms with Gasteiger partial charge < -0.3 is 14.8 Å². The highest BCUT2D eigenvalue weighted by Crippen LogP contribution is 2.11. The van der Waals surface area contributed by atoms with Crippen molar-refractivity contribution in [1.82, 2.24) is 5.32 Å². The summed E-state index contributed by atoms with van der Waals surface area (Å²) >= 11 is 0. The molecule has 0 aliphatic heterocycles. The van der Waals surface area contributed by atoms with Gasteiger partial charge in [0, 0.05) is 12.6 Å². The molecule has 0 aliphatic rings. The van der Waals surface area contributed by atoms with Gasteiger partial charge in [0.2, 0.25) is 0 Å². The van der Waals surface area contributed by atoms with Crippen molar-refractivity contribution in [2.75, 3.05) is 26.4 Å². The topological polar surface area (TPSA) is 47.6 Å². The maximum Gasteiger partial charge on any atom is 0.258 e. The Balaban J connectivity index is 2.13. The minimum Gasteiger partial charge on any atom is -0.484 e. The summed E-state index contributed by atoms with van der Waals surface area (Å²) in [5, 5.41) is 2.63. The van der Waals surface area contributed by atoms with E-state index in [-0.39, 0.29) is 12.5 Å². The van der Waals surface area contributed by atoms with Crippen molar-refractivity contribution in [2.45, 2.75) is 6.92 Å². The monoisotopic (exact) mass is 267 g/mol. The molecule has 0 aromatic heterocycles. The largest absolute Gasteiger partial charge is 0.484 e. The normalized spacial score (nSPS) is 10.0. The number of halogens is 1. The highest BCUT2D eigenvalue weighted by atomic mass is 19.1. The van der Waals surface area contributed by atoms with Crippen LogP contribution in [-0.4, -0.2) is 32.3 Å². The molecule has 104 valence electrons. The summed E-state index contributed by atoms with van der Waals surface area (Å²) in [4.78, 5) is 11.4. The molecule has 0 spiro atoms. The second kappa shape index (κ2) is 8.26. The highest BCUT2D eigenvalue weighted by Gasteiger charge is 2.02. The molecule has 0 heterocycles. The van der Waals surface area contributed by atoms with Crippen molar-refractivity contribution in [3.63, 3.8) is 0 Å². The average molecular weight is 267 g/mol. The summed E-state index contributed by atoms with van der Waals surface area (Å²) in [6, 6.07) is 5.65. The van der Waals surface area contributed by atoms with Crippen LogP contribution < -0.4 is 10.1 Å². The maximum atomic E-state index is 12.8. The molecular formula is C14H18FNO3. The fourth-order valence-corrected chi connectivity index (χ4v) is 1.27. The SMILES string of the molecule is C=C(C)COCCNC(=O)COc1cccc(F)c1. The Bertz CT molecular complexity index is 434. The van der Waals surface area contributed by atoms with E-state index in [1.807, 2.05) is 6.92 Å². The molecule has 0 aliphatic carbocycles. The Hall–Kier alpha value is -1.88. The molecule has 1 rings (SSSR count). The van der Waals surface area contributed by atoms with Gasteiger partial charge in [0.25, 0.3) is 5.91 Å². The first-order chi connectivity index (χ1) is 9.08. The molecule has 0 bridgehead atoms. The van der Waals surface area contributed by atoms with Crippen molar-refractivity contribution in [3.8, 4) is 5.75 Å². The summed E-state index contributed by atoms with van der Waals surface area (Å²) < 4.78 is 23.2. The van der Waals surface area contributed by atoms with Crippen LogP contribution in [0, 0.1) is 5.82 Å². The number of amides is 1. The Morgan fingerprint density at radius 2 is 2.21 bits per heavy atom. The van der Waals surface area contributed by atoms with Crippen LogP contribution in [0.1, 0.15) is 6.92 Å². The average Bonchev–Trinajstić information content (AvgIpc) is 2.35. The summed E-state index contributed by atoms with van der Waals surface area (Å²) in [5.41, 5.74) is 0.931. The first-order valence-corrected chi connectivity index (χ1v) is 5.95. The van der Waals surface area contributed by atoms with Gasteiger partial charge in [-0.2, -0.15) is 0 Å². The molecule has 1 aromatic rings. The Morgan fingerprint density at radius 3 is 2.89 bits per heavy atom. The van der Waals surface area contributed by atoms with Crippen molar-refractivity contribution < 1.29 is 18.7 Å². The van der Waals surface area contributed by atoms with Crippen molar-refractivity contribution >= 4 is 5.91 Å². The summed E-state index contributed by atoms with van der Waals surface area (Å²) in [5.74, 6) is -0.344. The lowest BCUT2D eigenvalue weighted by Crippen LogP contribution is -2.31. The van der Waals surface area contributed by atoms with Crippen molar-refractivity contribution in [1.29, 1.82) is 0 Å². The predicted octanol–water partition coefficient (Wildman–Crippen LogP) is 1.91. The molecule has 0 saturated heterocycles. The predicted molar refractivity (Wildman–Crippen MR) is 70.5 cm³/mol. The number of hydrogen-bond donors (Lipinski definition) is 1. The van der Waals surface area contributed by atoms with Crippen LogP contribution in [0.5, 0.6) is 5.75 Å². The fourth-order valence-electron chi connectivity index (χ4n) is 1.27. The number of carbonyl (C=O) groups is 1. The quantitative estimate of drug-likeness (QED) is 0.578. The van der Waals surface area contributed by atoms with E-state index in [0.29, 0.717) is 25.5 Å². The Labute approximate surface area is 112 Å². The second-order valence-corrected chi connectivity index (χ2v) is 4.11. The number of rotatable bonds is 8. The van der Waals surface area contributed by atoms with Crippen LogP contribution in [0.4, 0.5) is 4.39 Å². The van der Waals surface area contributed by atoms with E-state index in [2.05, 4.69) is 11.9 Å². The molecule has 0 atom stereocenters. The lowest BCUT2D eigenvalue weighted by Gasteiger charge is -2.08. The van der Waals surface area contributed by atoms with Gasteiger partial charge >= 0.3 is 0 Å². The van der Waals surface area contributed by atoms with Gasteiger partial charge in [0.15, 0.2) is 6.61 Å². The van der Waals surface area contributed by atoms with Crippen LogP contribution >= 0.6 is 0 Å². The summed E-state index contributed by atoms with van der Waals surface area (Å²) in [6.07, 6.45) is 0. The Morgan fingerprint density at radius 1 is 1.42 bits per heavy atom. The Kier molecular flexibility index (Phi) is 6.60. The van der Waals surface area contributed by atoms with Gasteiger partial charge in [-0.3, -0.25) is 4.79 Å². The number of carbonyl (C=O) groups excluding carboxylic acids is 1. The van der Waals surface area contributed by atoms with E-state index in [4.69, 9.17) is 9.47 Å². The number of ether oxygens (including phenoxy) is 2. The van der Waals surface area contributed by atoms with Gasteiger partial charge in [-0.05, 0) is 19.1 Å². The van der Waals surface area contributed by atoms with Crippen molar-refractivity contribution in [2.24, 2.45) is 0 Å². The molecule has 1 N–H and O–H groups in total. The zero-order chi connectivity index (χ0) is 14.1. The van der Waals surface area contributed by atoms with Gasteiger partial charge in [-0.25, -0.2) is 4.39 Å². The van der Waals surface area contributed by atoms with Crippen LogP contribution in [0.3, 0.4) is 0 Å². The lowest BCUT2D eigenvalue weighted by molar-refractivity contribution is -0.123. The van der Waals surface area contributed by atoms with Crippen molar-refractivity contribution in [3.05, 3.63) is 42.2 Å². The third-order valence-electron chi connectivity index (χ3n) is 2.08. The molecule has 4 nitrogen and oxygen atoms in total. The summed E-state index contributed by atoms with van der Waals surface area (Å²) in [6.45, 7) is 6.71. The standard InChI is InChI=1S/C14H18FNO3/c1-11(2)9-18-7-6-16-14(17)10-19-13-5-3-4-12(15)8-13/h3-5,8H,1,6-7,9-10H2,2H3,(H,16,17). The number of nitrogens with one attached hydrogen (secondary N) is 1.